The molecule has 2 N–H and O–H groups in total. The maximum absolute atomic E-state index is 12.8. The van der Waals surface area contributed by atoms with E-state index in [1.165, 1.54) is 0 Å². The van der Waals surface area contributed by atoms with Crippen molar-refractivity contribution in [3.8, 4) is 11.3 Å². The summed E-state index contributed by atoms with van der Waals surface area (Å²) in [7, 11) is 2.13. The topological polar surface area (TPSA) is 77.1 Å². The van der Waals surface area contributed by atoms with Crippen molar-refractivity contribution in [2.45, 2.75) is 0 Å². The largest absolute Gasteiger partial charge is 0.369 e. The summed E-state index contributed by atoms with van der Waals surface area (Å²) in [5.41, 5.74) is 3.50. The molecule has 9 heteroatoms. The van der Waals surface area contributed by atoms with Crippen molar-refractivity contribution in [2.24, 2.45) is 0 Å². The molecule has 0 bridgehead atoms. The first-order valence-corrected chi connectivity index (χ1v) is 11.4. The Morgan fingerprint density at radius 2 is 1.67 bits per heavy atom. The molecule has 1 aliphatic rings. The van der Waals surface area contributed by atoms with E-state index in [4.69, 9.17) is 23.2 Å². The number of carbonyl (C=O) groups is 1. The van der Waals surface area contributed by atoms with Crippen LogP contribution in [0, 0.1) is 0 Å². The van der Waals surface area contributed by atoms with Gasteiger partial charge in [-0.3, -0.25) is 9.89 Å². The monoisotopic (exact) mass is 480 g/mol. The lowest BCUT2D eigenvalue weighted by molar-refractivity contribution is 0.102. The van der Waals surface area contributed by atoms with E-state index in [1.54, 1.807) is 18.2 Å². The van der Waals surface area contributed by atoms with Crippen LogP contribution in [0.3, 0.4) is 0 Å². The molecule has 5 rings (SSSR count). The SMILES string of the molecule is CN1CCN(c2ccc(C(=O)Nc3n[nH]c4nc(-c5c(Cl)cccc5Cl)ccc34)cc2)CC1. The van der Waals surface area contributed by atoms with Crippen LogP contribution in [0.1, 0.15) is 10.4 Å². The van der Waals surface area contributed by atoms with E-state index >= 15 is 0 Å². The second kappa shape index (κ2) is 9.02. The van der Waals surface area contributed by atoms with Gasteiger partial charge in [-0.1, -0.05) is 29.3 Å². The molecule has 0 spiro atoms. The number of likely N-dealkylation sites (N-methyl/N-ethyl adjacent to an activating group) is 1. The number of aromatic nitrogens is 3. The molecule has 1 fully saturated rings. The van der Waals surface area contributed by atoms with Gasteiger partial charge in [0.05, 0.1) is 21.1 Å². The highest BCUT2D eigenvalue weighted by molar-refractivity contribution is 6.39. The number of pyridine rings is 1. The molecule has 33 heavy (non-hydrogen) atoms. The fraction of sp³-hybridized carbons (Fsp3) is 0.208. The number of hydrogen-bond donors (Lipinski definition) is 2. The molecule has 2 aromatic heterocycles. The molecule has 0 radical (unpaired) electrons. The van der Waals surface area contributed by atoms with Crippen molar-refractivity contribution in [3.05, 3.63) is 70.2 Å². The number of anilines is 2. The van der Waals surface area contributed by atoms with Crippen molar-refractivity contribution in [3.63, 3.8) is 0 Å². The highest BCUT2D eigenvalue weighted by Gasteiger charge is 2.17. The molecule has 4 aromatic rings. The lowest BCUT2D eigenvalue weighted by atomic mass is 10.1. The smallest absolute Gasteiger partial charge is 0.256 e. The van der Waals surface area contributed by atoms with Crippen LogP contribution >= 0.6 is 23.2 Å². The van der Waals surface area contributed by atoms with Crippen LogP contribution in [-0.2, 0) is 0 Å². The first-order chi connectivity index (χ1) is 16.0. The van der Waals surface area contributed by atoms with E-state index in [0.29, 0.717) is 43.7 Å². The van der Waals surface area contributed by atoms with Gasteiger partial charge in [0, 0.05) is 43.0 Å². The molecule has 1 saturated heterocycles. The first kappa shape index (κ1) is 21.7. The third-order valence-corrected chi connectivity index (χ3v) is 6.50. The van der Waals surface area contributed by atoms with Crippen LogP contribution in [0.2, 0.25) is 10.0 Å². The number of hydrogen-bond acceptors (Lipinski definition) is 5. The minimum Gasteiger partial charge on any atom is -0.369 e. The Hall–Kier alpha value is -3.13. The minimum absolute atomic E-state index is 0.230. The number of nitrogens with one attached hydrogen (secondary N) is 2. The van der Waals surface area contributed by atoms with E-state index in [9.17, 15) is 4.79 Å². The fourth-order valence-corrected chi connectivity index (χ4v) is 4.54. The third-order valence-electron chi connectivity index (χ3n) is 5.87. The van der Waals surface area contributed by atoms with Crippen LogP contribution < -0.4 is 10.2 Å². The molecular formula is C24H22Cl2N6O. The Morgan fingerprint density at radius 1 is 0.970 bits per heavy atom. The zero-order valence-corrected chi connectivity index (χ0v) is 19.5. The first-order valence-electron chi connectivity index (χ1n) is 10.6. The minimum atomic E-state index is -0.230. The van der Waals surface area contributed by atoms with Gasteiger partial charge in [0.2, 0.25) is 0 Å². The van der Waals surface area contributed by atoms with Crippen molar-refractivity contribution < 1.29 is 4.79 Å². The molecule has 1 aliphatic heterocycles. The predicted molar refractivity (Wildman–Crippen MR) is 133 cm³/mol. The average molecular weight is 481 g/mol. The summed E-state index contributed by atoms with van der Waals surface area (Å²) >= 11 is 12.6. The number of fused-ring (bicyclic) bond motifs is 1. The van der Waals surface area contributed by atoms with E-state index in [2.05, 4.69) is 37.3 Å². The number of piperazine rings is 1. The predicted octanol–water partition coefficient (Wildman–Crippen LogP) is 4.94. The molecule has 3 heterocycles. The number of rotatable bonds is 4. The van der Waals surface area contributed by atoms with Gasteiger partial charge in [-0.2, -0.15) is 5.10 Å². The highest BCUT2D eigenvalue weighted by atomic mass is 35.5. The Kier molecular flexibility index (Phi) is 5.93. The number of halogens is 2. The van der Waals surface area contributed by atoms with Crippen molar-refractivity contribution in [1.29, 1.82) is 0 Å². The van der Waals surface area contributed by atoms with E-state index in [0.717, 1.165) is 31.9 Å². The van der Waals surface area contributed by atoms with Gasteiger partial charge in [0.1, 0.15) is 0 Å². The quantitative estimate of drug-likeness (QED) is 0.432. The Bertz CT molecular complexity index is 1290. The number of nitrogens with zero attached hydrogens (tertiary/aromatic N) is 4. The summed E-state index contributed by atoms with van der Waals surface area (Å²) in [5.74, 6) is 0.189. The van der Waals surface area contributed by atoms with Gasteiger partial charge in [-0.05, 0) is 55.6 Å². The Balaban J connectivity index is 1.33. The molecular weight excluding hydrogens is 459 g/mol. The molecule has 0 unspecified atom stereocenters. The average Bonchev–Trinajstić information content (AvgIpc) is 3.21. The summed E-state index contributed by atoms with van der Waals surface area (Å²) in [4.78, 5) is 22.1. The molecule has 168 valence electrons. The van der Waals surface area contributed by atoms with Crippen LogP contribution in [0.5, 0.6) is 0 Å². The zero-order chi connectivity index (χ0) is 22.9. The normalized spacial score (nSPS) is 14.6. The van der Waals surface area contributed by atoms with Gasteiger partial charge >= 0.3 is 0 Å². The maximum atomic E-state index is 12.8. The molecule has 2 aromatic carbocycles. The number of H-pyrrole nitrogens is 1. The maximum Gasteiger partial charge on any atom is 0.256 e. The van der Waals surface area contributed by atoms with Crippen molar-refractivity contribution >= 4 is 51.6 Å². The number of carbonyl (C=O) groups excluding carboxylic acids is 1. The van der Waals surface area contributed by atoms with Crippen LogP contribution in [0.4, 0.5) is 11.5 Å². The Labute approximate surface area is 201 Å². The summed E-state index contributed by atoms with van der Waals surface area (Å²) < 4.78 is 0. The number of amides is 1. The molecule has 1 amide bonds. The van der Waals surface area contributed by atoms with Crippen LogP contribution in [-0.4, -0.2) is 59.2 Å². The van der Waals surface area contributed by atoms with E-state index in [-0.39, 0.29) is 5.91 Å². The van der Waals surface area contributed by atoms with Crippen LogP contribution in [0.15, 0.2) is 54.6 Å². The summed E-state index contributed by atoms with van der Waals surface area (Å²) in [6.07, 6.45) is 0. The van der Waals surface area contributed by atoms with Gasteiger partial charge in [0.15, 0.2) is 11.5 Å². The highest BCUT2D eigenvalue weighted by Crippen LogP contribution is 2.34. The number of benzene rings is 2. The molecule has 0 saturated carbocycles. The van der Waals surface area contributed by atoms with Gasteiger partial charge in [0.25, 0.3) is 5.91 Å². The summed E-state index contributed by atoms with van der Waals surface area (Å²) in [5, 5.41) is 11.7. The van der Waals surface area contributed by atoms with Crippen LogP contribution in [0.25, 0.3) is 22.3 Å². The summed E-state index contributed by atoms with van der Waals surface area (Å²) in [6, 6.07) is 16.6. The lowest BCUT2D eigenvalue weighted by Gasteiger charge is -2.34. The molecule has 0 aliphatic carbocycles. The van der Waals surface area contributed by atoms with Gasteiger partial charge in [-0.25, -0.2) is 4.98 Å². The fourth-order valence-electron chi connectivity index (χ4n) is 3.95. The van der Waals surface area contributed by atoms with E-state index in [1.807, 2.05) is 36.4 Å². The second-order valence-corrected chi connectivity index (χ2v) is 8.87. The van der Waals surface area contributed by atoms with Gasteiger partial charge < -0.3 is 15.1 Å². The second-order valence-electron chi connectivity index (χ2n) is 8.05. The third kappa shape index (κ3) is 4.39. The zero-order valence-electron chi connectivity index (χ0n) is 18.0. The molecule has 0 atom stereocenters. The lowest BCUT2D eigenvalue weighted by Crippen LogP contribution is -2.44. The molecule has 7 nitrogen and oxygen atoms in total. The van der Waals surface area contributed by atoms with E-state index < -0.39 is 0 Å². The van der Waals surface area contributed by atoms with Crippen molar-refractivity contribution in [2.75, 3.05) is 43.4 Å². The van der Waals surface area contributed by atoms with Crippen molar-refractivity contribution in [1.82, 2.24) is 20.1 Å². The Morgan fingerprint density at radius 3 is 2.36 bits per heavy atom. The number of aromatic amines is 1. The summed E-state index contributed by atoms with van der Waals surface area (Å²) in [6.45, 7) is 4.03. The van der Waals surface area contributed by atoms with Gasteiger partial charge in [-0.15, -0.1) is 0 Å². The standard InChI is InChI=1S/C24H22Cl2N6O/c1-31-11-13-32(14-12-31)16-7-5-15(6-8-16)24(33)28-23-17-9-10-20(27-22(17)29-30-23)21-18(25)3-2-4-19(21)26/h2-10H,11-14H2,1H3,(H2,27,28,29,30,33).